The van der Waals surface area contributed by atoms with Gasteiger partial charge in [0.15, 0.2) is 11.5 Å². The van der Waals surface area contributed by atoms with Gasteiger partial charge >= 0.3 is 0 Å². The van der Waals surface area contributed by atoms with Crippen molar-refractivity contribution in [2.75, 3.05) is 32.8 Å². The van der Waals surface area contributed by atoms with Crippen LogP contribution in [-0.2, 0) is 4.74 Å². The van der Waals surface area contributed by atoms with Crippen molar-refractivity contribution in [3.8, 4) is 11.5 Å². The topological polar surface area (TPSA) is 51.2 Å². The molecule has 0 aromatic heterocycles. The fourth-order valence-electron chi connectivity index (χ4n) is 3.05. The van der Waals surface area contributed by atoms with Gasteiger partial charge in [-0.25, -0.2) is 0 Å². The van der Waals surface area contributed by atoms with Gasteiger partial charge in [0.2, 0.25) is 0 Å². The Morgan fingerprint density at radius 3 is 2.52 bits per heavy atom. The van der Waals surface area contributed by atoms with Gasteiger partial charge in [-0.2, -0.15) is 0 Å². The fraction of sp³-hybridized carbons (Fsp3) is 0.625. The summed E-state index contributed by atoms with van der Waals surface area (Å²) in [7, 11) is 0. The molecule has 3 atom stereocenters. The van der Waals surface area contributed by atoms with Gasteiger partial charge in [-0.05, 0) is 31.5 Å². The van der Waals surface area contributed by atoms with Crippen LogP contribution in [0.5, 0.6) is 11.5 Å². The molecule has 2 heterocycles. The highest BCUT2D eigenvalue weighted by molar-refractivity contribution is 5.44. The Kier molecular flexibility index (Phi) is 4.33. The summed E-state index contributed by atoms with van der Waals surface area (Å²) in [4.78, 5) is 2.25. The number of ether oxygens (including phenoxy) is 3. The van der Waals surface area contributed by atoms with E-state index in [2.05, 4.69) is 18.7 Å². The molecule has 2 aliphatic rings. The summed E-state index contributed by atoms with van der Waals surface area (Å²) in [5, 5.41) is 10.5. The van der Waals surface area contributed by atoms with Gasteiger partial charge in [-0.15, -0.1) is 0 Å². The van der Waals surface area contributed by atoms with E-state index >= 15 is 0 Å². The monoisotopic (exact) mass is 293 g/mol. The molecule has 0 spiro atoms. The first kappa shape index (κ1) is 14.6. The second kappa shape index (κ2) is 6.22. The first-order chi connectivity index (χ1) is 10.1. The lowest BCUT2D eigenvalue weighted by Crippen LogP contribution is -2.46. The largest absolute Gasteiger partial charge is 0.486 e. The number of β-amino-alcohol motifs (C(OH)–C–C–N with tert-alkyl or cyclic N) is 1. The summed E-state index contributed by atoms with van der Waals surface area (Å²) in [5.74, 6) is 1.48. The van der Waals surface area contributed by atoms with Crippen molar-refractivity contribution < 1.29 is 19.3 Å². The van der Waals surface area contributed by atoms with Crippen molar-refractivity contribution in [1.29, 1.82) is 0 Å². The molecule has 116 valence electrons. The SMILES string of the molecule is C[C@@H]1CN(C[C@H](O)c2ccc3c(c2)OCCO3)C[C@H](C)O1. The molecule has 21 heavy (non-hydrogen) atoms. The van der Waals surface area contributed by atoms with E-state index in [0.717, 1.165) is 30.2 Å². The minimum Gasteiger partial charge on any atom is -0.486 e. The number of rotatable bonds is 3. The maximum Gasteiger partial charge on any atom is 0.161 e. The van der Waals surface area contributed by atoms with Gasteiger partial charge in [-0.3, -0.25) is 4.90 Å². The second-order valence-corrected chi connectivity index (χ2v) is 5.89. The van der Waals surface area contributed by atoms with Crippen molar-refractivity contribution in [3.63, 3.8) is 0 Å². The third kappa shape index (κ3) is 3.48. The van der Waals surface area contributed by atoms with Gasteiger partial charge in [0, 0.05) is 19.6 Å². The van der Waals surface area contributed by atoms with Crippen molar-refractivity contribution in [2.24, 2.45) is 0 Å². The minimum atomic E-state index is -0.529. The van der Waals surface area contributed by atoms with E-state index in [4.69, 9.17) is 14.2 Å². The maximum atomic E-state index is 10.5. The molecule has 0 radical (unpaired) electrons. The zero-order chi connectivity index (χ0) is 14.8. The van der Waals surface area contributed by atoms with E-state index in [9.17, 15) is 5.11 Å². The molecule has 1 aromatic carbocycles. The summed E-state index contributed by atoms with van der Waals surface area (Å²) in [6.07, 6.45) is -0.110. The van der Waals surface area contributed by atoms with Crippen LogP contribution >= 0.6 is 0 Å². The Morgan fingerprint density at radius 1 is 1.14 bits per heavy atom. The standard InChI is InChI=1S/C16H23NO4/c1-11-8-17(9-12(2)21-11)10-14(18)13-3-4-15-16(7-13)20-6-5-19-15/h3-4,7,11-12,14,18H,5-6,8-10H2,1-2H3/t11-,12+,14-/m0/s1. The highest BCUT2D eigenvalue weighted by atomic mass is 16.6. The van der Waals surface area contributed by atoms with E-state index in [0.29, 0.717) is 19.8 Å². The lowest BCUT2D eigenvalue weighted by Gasteiger charge is -2.36. The van der Waals surface area contributed by atoms with Crippen molar-refractivity contribution in [3.05, 3.63) is 23.8 Å². The highest BCUT2D eigenvalue weighted by Gasteiger charge is 2.25. The van der Waals surface area contributed by atoms with E-state index in [1.165, 1.54) is 0 Å². The fourth-order valence-corrected chi connectivity index (χ4v) is 3.05. The molecule has 0 amide bonds. The van der Waals surface area contributed by atoms with Crippen LogP contribution < -0.4 is 9.47 Å². The Hall–Kier alpha value is -1.30. The number of benzene rings is 1. The first-order valence-electron chi connectivity index (χ1n) is 7.57. The average Bonchev–Trinajstić information content (AvgIpc) is 2.45. The normalized spacial score (nSPS) is 27.4. The lowest BCUT2D eigenvalue weighted by atomic mass is 10.1. The lowest BCUT2D eigenvalue weighted by molar-refractivity contribution is -0.0767. The van der Waals surface area contributed by atoms with E-state index in [1.807, 2.05) is 18.2 Å². The number of aliphatic hydroxyl groups excluding tert-OH is 1. The molecule has 5 nitrogen and oxygen atoms in total. The van der Waals surface area contributed by atoms with Crippen LogP contribution in [0.1, 0.15) is 25.5 Å². The average molecular weight is 293 g/mol. The molecule has 0 saturated carbocycles. The molecular formula is C16H23NO4. The molecule has 1 aromatic rings. The third-order valence-corrected chi connectivity index (χ3v) is 3.88. The van der Waals surface area contributed by atoms with Crippen LogP contribution in [0.3, 0.4) is 0 Å². The van der Waals surface area contributed by atoms with Crippen LogP contribution in [0.15, 0.2) is 18.2 Å². The quantitative estimate of drug-likeness (QED) is 0.917. The van der Waals surface area contributed by atoms with Gasteiger partial charge in [0.05, 0.1) is 18.3 Å². The van der Waals surface area contributed by atoms with Crippen LogP contribution in [0.25, 0.3) is 0 Å². The first-order valence-corrected chi connectivity index (χ1v) is 7.57. The van der Waals surface area contributed by atoms with Crippen LogP contribution in [0.4, 0.5) is 0 Å². The Bertz CT molecular complexity index is 483. The molecule has 1 saturated heterocycles. The molecule has 5 heteroatoms. The molecule has 0 unspecified atom stereocenters. The molecule has 1 fully saturated rings. The Labute approximate surface area is 125 Å². The number of nitrogens with zero attached hydrogens (tertiary/aromatic N) is 1. The Morgan fingerprint density at radius 2 is 1.81 bits per heavy atom. The summed E-state index contributed by atoms with van der Waals surface area (Å²) >= 11 is 0. The summed E-state index contributed by atoms with van der Waals surface area (Å²) in [6, 6.07) is 5.66. The van der Waals surface area contributed by atoms with Gasteiger partial charge in [0.1, 0.15) is 13.2 Å². The number of fused-ring (bicyclic) bond motifs is 1. The second-order valence-electron chi connectivity index (χ2n) is 5.89. The number of hydrogen-bond acceptors (Lipinski definition) is 5. The van der Waals surface area contributed by atoms with Crippen molar-refractivity contribution >= 4 is 0 Å². The van der Waals surface area contributed by atoms with E-state index in [-0.39, 0.29) is 12.2 Å². The predicted molar refractivity (Wildman–Crippen MR) is 78.8 cm³/mol. The molecule has 2 aliphatic heterocycles. The highest BCUT2D eigenvalue weighted by Crippen LogP contribution is 2.33. The van der Waals surface area contributed by atoms with E-state index in [1.54, 1.807) is 0 Å². The smallest absolute Gasteiger partial charge is 0.161 e. The molecule has 0 bridgehead atoms. The van der Waals surface area contributed by atoms with Gasteiger partial charge in [-0.1, -0.05) is 6.07 Å². The van der Waals surface area contributed by atoms with Gasteiger partial charge in [0.25, 0.3) is 0 Å². The zero-order valence-electron chi connectivity index (χ0n) is 12.6. The van der Waals surface area contributed by atoms with Crippen molar-refractivity contribution in [1.82, 2.24) is 4.90 Å². The molecular weight excluding hydrogens is 270 g/mol. The number of morpholine rings is 1. The number of aliphatic hydroxyl groups is 1. The maximum absolute atomic E-state index is 10.5. The number of hydrogen-bond donors (Lipinski definition) is 1. The zero-order valence-corrected chi connectivity index (χ0v) is 12.6. The molecule has 0 aliphatic carbocycles. The molecule has 3 rings (SSSR count). The summed E-state index contributed by atoms with van der Waals surface area (Å²) < 4.78 is 16.8. The summed E-state index contributed by atoms with van der Waals surface area (Å²) in [5.41, 5.74) is 0.867. The van der Waals surface area contributed by atoms with Crippen LogP contribution in [0.2, 0.25) is 0 Å². The summed E-state index contributed by atoms with van der Waals surface area (Å²) in [6.45, 7) is 7.59. The Balaban J connectivity index is 1.66. The van der Waals surface area contributed by atoms with Crippen LogP contribution in [-0.4, -0.2) is 55.1 Å². The third-order valence-electron chi connectivity index (χ3n) is 3.88. The minimum absolute atomic E-state index is 0.209. The van der Waals surface area contributed by atoms with Crippen molar-refractivity contribution in [2.45, 2.75) is 32.2 Å². The van der Waals surface area contributed by atoms with E-state index < -0.39 is 6.10 Å². The predicted octanol–water partition coefficient (Wildman–Crippen LogP) is 1.60. The molecule has 1 N–H and O–H groups in total. The van der Waals surface area contributed by atoms with Gasteiger partial charge < -0.3 is 19.3 Å². The van der Waals surface area contributed by atoms with Crippen LogP contribution in [0, 0.1) is 0 Å².